The van der Waals surface area contributed by atoms with Crippen LogP contribution in [0.5, 0.6) is 0 Å². The van der Waals surface area contributed by atoms with Gasteiger partial charge in [-0.3, -0.25) is 14.5 Å². The zero-order valence-corrected chi connectivity index (χ0v) is 15.1. The van der Waals surface area contributed by atoms with Crippen LogP contribution in [0.15, 0.2) is 16.5 Å². The van der Waals surface area contributed by atoms with E-state index in [2.05, 4.69) is 10.6 Å². The van der Waals surface area contributed by atoms with E-state index in [0.29, 0.717) is 13.1 Å². The summed E-state index contributed by atoms with van der Waals surface area (Å²) in [6.07, 6.45) is 7.19. The number of carbonyl (C=O) groups excluding carboxylic acids is 2. The number of nitrogens with zero attached hydrogens (tertiary/aromatic N) is 1. The second kappa shape index (κ2) is 8.52. The normalized spacial score (nSPS) is 23.1. The lowest BCUT2D eigenvalue weighted by Gasteiger charge is -2.34. The number of hydrogen-bond acceptors (Lipinski definition) is 4. The first kappa shape index (κ1) is 18.0. The van der Waals surface area contributed by atoms with Gasteiger partial charge < -0.3 is 15.1 Å². The highest BCUT2D eigenvalue weighted by Gasteiger charge is 2.32. The minimum absolute atomic E-state index is 0.0189. The van der Waals surface area contributed by atoms with Gasteiger partial charge in [0.25, 0.3) is 0 Å². The summed E-state index contributed by atoms with van der Waals surface area (Å²) in [6.45, 7) is 3.80. The number of carbonyl (C=O) groups is 2. The van der Waals surface area contributed by atoms with Crippen molar-refractivity contribution in [3.63, 3.8) is 0 Å². The number of hydrogen-bond donors (Lipinski definition) is 2. The van der Waals surface area contributed by atoms with Gasteiger partial charge in [0.2, 0.25) is 11.8 Å². The fourth-order valence-electron chi connectivity index (χ4n) is 3.83. The Kier molecular flexibility index (Phi) is 6.13. The number of nitrogens with one attached hydrogen (secondary N) is 2. The van der Waals surface area contributed by atoms with Gasteiger partial charge in [-0.15, -0.1) is 0 Å². The van der Waals surface area contributed by atoms with Crippen LogP contribution < -0.4 is 10.6 Å². The topological polar surface area (TPSA) is 74.6 Å². The summed E-state index contributed by atoms with van der Waals surface area (Å²) in [5.41, 5.74) is 0. The number of aryl methyl sites for hydroxylation is 1. The fraction of sp³-hybridized carbons (Fsp3) is 0.684. The van der Waals surface area contributed by atoms with Crippen molar-refractivity contribution in [3.05, 3.63) is 23.7 Å². The molecular weight excluding hydrogens is 318 g/mol. The first-order valence-electron chi connectivity index (χ1n) is 9.48. The number of rotatable bonds is 5. The van der Waals surface area contributed by atoms with Crippen LogP contribution in [0.1, 0.15) is 56.5 Å². The molecule has 2 heterocycles. The van der Waals surface area contributed by atoms with Gasteiger partial charge in [-0.25, -0.2) is 0 Å². The van der Waals surface area contributed by atoms with E-state index in [4.69, 9.17) is 4.42 Å². The lowest BCUT2D eigenvalue weighted by molar-refractivity contribution is -0.134. The summed E-state index contributed by atoms with van der Waals surface area (Å²) in [4.78, 5) is 26.9. The van der Waals surface area contributed by atoms with E-state index >= 15 is 0 Å². The minimum Gasteiger partial charge on any atom is -0.465 e. The van der Waals surface area contributed by atoms with Crippen molar-refractivity contribution in [2.75, 3.05) is 13.1 Å². The third-order valence-electron chi connectivity index (χ3n) is 5.20. The summed E-state index contributed by atoms with van der Waals surface area (Å²) in [6, 6.07) is 3.70. The second-order valence-electron chi connectivity index (χ2n) is 7.25. The van der Waals surface area contributed by atoms with E-state index in [-0.39, 0.29) is 24.3 Å². The molecule has 0 unspecified atom stereocenters. The molecule has 1 aliphatic carbocycles. The molecule has 6 heteroatoms. The summed E-state index contributed by atoms with van der Waals surface area (Å²) in [7, 11) is 0. The lowest BCUT2D eigenvalue weighted by Crippen LogP contribution is -2.56. The molecule has 1 atom stereocenters. The molecule has 2 N–H and O–H groups in total. The van der Waals surface area contributed by atoms with Gasteiger partial charge in [0.05, 0.1) is 19.0 Å². The molecule has 1 aromatic rings. The third kappa shape index (κ3) is 5.08. The molecule has 0 aromatic carbocycles. The third-order valence-corrected chi connectivity index (χ3v) is 5.20. The largest absolute Gasteiger partial charge is 0.465 e. The minimum atomic E-state index is -0.426. The van der Waals surface area contributed by atoms with Crippen molar-refractivity contribution >= 4 is 11.8 Å². The fourth-order valence-corrected chi connectivity index (χ4v) is 3.83. The van der Waals surface area contributed by atoms with E-state index in [0.717, 1.165) is 30.9 Å². The van der Waals surface area contributed by atoms with Crippen LogP contribution >= 0.6 is 0 Å². The van der Waals surface area contributed by atoms with Crippen molar-refractivity contribution in [1.29, 1.82) is 0 Å². The molecule has 25 heavy (non-hydrogen) atoms. The van der Waals surface area contributed by atoms with Crippen LogP contribution in [0, 0.1) is 6.92 Å². The Morgan fingerprint density at radius 3 is 2.72 bits per heavy atom. The Hall–Kier alpha value is -1.82. The van der Waals surface area contributed by atoms with E-state index in [1.807, 2.05) is 24.0 Å². The zero-order chi connectivity index (χ0) is 17.6. The Morgan fingerprint density at radius 2 is 2.04 bits per heavy atom. The quantitative estimate of drug-likeness (QED) is 0.800. The zero-order valence-electron chi connectivity index (χ0n) is 15.1. The van der Waals surface area contributed by atoms with Crippen LogP contribution in [0.3, 0.4) is 0 Å². The predicted molar refractivity (Wildman–Crippen MR) is 94.9 cm³/mol. The Balaban J connectivity index is 1.58. The molecule has 1 aromatic heterocycles. The maximum Gasteiger partial charge on any atom is 0.237 e. The van der Waals surface area contributed by atoms with Gasteiger partial charge in [-0.2, -0.15) is 0 Å². The van der Waals surface area contributed by atoms with Crippen LogP contribution in [0.25, 0.3) is 0 Å². The summed E-state index contributed by atoms with van der Waals surface area (Å²) < 4.78 is 5.64. The van der Waals surface area contributed by atoms with Gasteiger partial charge in [0, 0.05) is 19.1 Å². The summed E-state index contributed by atoms with van der Waals surface area (Å²) >= 11 is 0. The lowest BCUT2D eigenvalue weighted by atomic mass is 10.1. The smallest absolute Gasteiger partial charge is 0.237 e. The van der Waals surface area contributed by atoms with E-state index in [9.17, 15) is 9.59 Å². The predicted octanol–water partition coefficient (Wildman–Crippen LogP) is 2.12. The van der Waals surface area contributed by atoms with E-state index in [1.54, 1.807) is 0 Å². The Morgan fingerprint density at radius 1 is 1.28 bits per heavy atom. The molecule has 6 nitrogen and oxygen atoms in total. The molecule has 2 fully saturated rings. The first-order valence-corrected chi connectivity index (χ1v) is 9.48. The van der Waals surface area contributed by atoms with Gasteiger partial charge >= 0.3 is 0 Å². The average Bonchev–Trinajstić information content (AvgIpc) is 2.82. The molecule has 1 saturated carbocycles. The first-order chi connectivity index (χ1) is 12.1. The molecule has 0 spiro atoms. The van der Waals surface area contributed by atoms with E-state index < -0.39 is 6.04 Å². The number of amides is 2. The standard InChI is InChI=1S/C19H29N3O3/c1-14-8-9-16(25-14)13-22-11-10-20-19(24)17(22)12-18(23)21-15-6-4-2-3-5-7-15/h8-9,15,17H,2-7,10-13H2,1H3,(H,20,24)(H,21,23)/t17-/m1/s1. The Bertz CT molecular complexity index is 590. The maximum absolute atomic E-state index is 12.5. The molecule has 2 amide bonds. The molecule has 2 aliphatic rings. The van der Waals surface area contributed by atoms with Crippen molar-refractivity contribution in [2.24, 2.45) is 0 Å². The molecule has 1 saturated heterocycles. The average molecular weight is 347 g/mol. The molecule has 0 bridgehead atoms. The van der Waals surface area contributed by atoms with Crippen molar-refractivity contribution in [2.45, 2.75) is 70.5 Å². The van der Waals surface area contributed by atoms with Gasteiger partial charge in [-0.05, 0) is 31.9 Å². The summed E-state index contributed by atoms with van der Waals surface area (Å²) in [5.74, 6) is 1.61. The Labute approximate surface area is 149 Å². The second-order valence-corrected chi connectivity index (χ2v) is 7.25. The van der Waals surface area contributed by atoms with Gasteiger partial charge in [-0.1, -0.05) is 25.7 Å². The number of furan rings is 1. The van der Waals surface area contributed by atoms with Crippen LogP contribution in [-0.2, 0) is 16.1 Å². The van der Waals surface area contributed by atoms with Crippen LogP contribution in [0.2, 0.25) is 0 Å². The maximum atomic E-state index is 12.5. The number of piperazine rings is 1. The highest BCUT2D eigenvalue weighted by Crippen LogP contribution is 2.19. The van der Waals surface area contributed by atoms with Gasteiger partial charge in [0.1, 0.15) is 11.5 Å². The molecule has 3 rings (SSSR count). The van der Waals surface area contributed by atoms with Crippen LogP contribution in [-0.4, -0.2) is 41.9 Å². The summed E-state index contributed by atoms with van der Waals surface area (Å²) in [5, 5.41) is 6.03. The highest BCUT2D eigenvalue weighted by molar-refractivity contribution is 5.88. The molecular formula is C19H29N3O3. The van der Waals surface area contributed by atoms with Gasteiger partial charge in [0.15, 0.2) is 0 Å². The van der Waals surface area contributed by atoms with Crippen molar-refractivity contribution < 1.29 is 14.0 Å². The monoisotopic (exact) mass is 347 g/mol. The molecule has 0 radical (unpaired) electrons. The van der Waals surface area contributed by atoms with Crippen molar-refractivity contribution in [3.8, 4) is 0 Å². The molecule has 1 aliphatic heterocycles. The van der Waals surface area contributed by atoms with Crippen molar-refractivity contribution in [1.82, 2.24) is 15.5 Å². The highest BCUT2D eigenvalue weighted by atomic mass is 16.3. The van der Waals surface area contributed by atoms with Crippen LogP contribution in [0.4, 0.5) is 0 Å². The SMILES string of the molecule is Cc1ccc(CN2CCNC(=O)[C@H]2CC(=O)NC2CCCCCC2)o1. The van der Waals surface area contributed by atoms with E-state index in [1.165, 1.54) is 25.7 Å². The molecule has 138 valence electrons.